The molecule has 1 aliphatic rings. The summed E-state index contributed by atoms with van der Waals surface area (Å²) in [6, 6.07) is 3.56. The molecule has 0 atom stereocenters. The lowest BCUT2D eigenvalue weighted by molar-refractivity contribution is 0.1000. The van der Waals surface area contributed by atoms with Crippen LogP contribution in [0.4, 0.5) is 5.82 Å². The highest BCUT2D eigenvalue weighted by molar-refractivity contribution is 5.92. The van der Waals surface area contributed by atoms with Gasteiger partial charge >= 0.3 is 0 Å². The molecular weight excluding hydrogens is 250 g/mol. The summed E-state index contributed by atoms with van der Waals surface area (Å²) in [7, 11) is 0. The van der Waals surface area contributed by atoms with Crippen LogP contribution >= 0.6 is 0 Å². The maximum absolute atomic E-state index is 11.0. The Balaban J connectivity index is 1.97. The van der Waals surface area contributed by atoms with E-state index in [0.717, 1.165) is 18.3 Å². The number of primary amides is 1. The maximum atomic E-state index is 11.0. The first-order valence-corrected chi connectivity index (χ1v) is 7.50. The number of hydrogen-bond donors (Lipinski definition) is 2. The van der Waals surface area contributed by atoms with Crippen molar-refractivity contribution in [1.29, 1.82) is 0 Å². The van der Waals surface area contributed by atoms with Gasteiger partial charge in [0.25, 0.3) is 0 Å². The van der Waals surface area contributed by atoms with Crippen LogP contribution in [0.5, 0.6) is 0 Å². The van der Waals surface area contributed by atoms with Gasteiger partial charge in [-0.15, -0.1) is 0 Å². The SMILES string of the molecule is CC(C)CC1(CNc2ccc(C(N)=O)cn2)CCCC1. The van der Waals surface area contributed by atoms with Crippen molar-refractivity contribution in [2.45, 2.75) is 46.0 Å². The van der Waals surface area contributed by atoms with Gasteiger partial charge in [-0.3, -0.25) is 4.79 Å². The Labute approximate surface area is 121 Å². The fourth-order valence-corrected chi connectivity index (χ4v) is 3.37. The first kappa shape index (κ1) is 14.8. The third-order valence-electron chi connectivity index (χ3n) is 4.20. The molecule has 3 N–H and O–H groups in total. The fourth-order valence-electron chi connectivity index (χ4n) is 3.37. The van der Waals surface area contributed by atoms with Crippen LogP contribution < -0.4 is 11.1 Å². The summed E-state index contributed by atoms with van der Waals surface area (Å²) >= 11 is 0. The van der Waals surface area contributed by atoms with Crippen LogP contribution in [0, 0.1) is 11.3 Å². The molecule has 2 rings (SSSR count). The van der Waals surface area contributed by atoms with Gasteiger partial charge in [-0.05, 0) is 42.7 Å². The van der Waals surface area contributed by atoms with Crippen molar-refractivity contribution in [3.63, 3.8) is 0 Å². The van der Waals surface area contributed by atoms with Crippen molar-refractivity contribution in [3.8, 4) is 0 Å². The quantitative estimate of drug-likeness (QED) is 0.837. The zero-order valence-corrected chi connectivity index (χ0v) is 12.5. The van der Waals surface area contributed by atoms with Crippen molar-refractivity contribution in [2.75, 3.05) is 11.9 Å². The summed E-state index contributed by atoms with van der Waals surface area (Å²) in [6.07, 6.45) is 8.08. The molecule has 4 heteroatoms. The van der Waals surface area contributed by atoms with Gasteiger partial charge < -0.3 is 11.1 Å². The van der Waals surface area contributed by atoms with E-state index in [4.69, 9.17) is 5.73 Å². The predicted molar refractivity (Wildman–Crippen MR) is 81.6 cm³/mol. The van der Waals surface area contributed by atoms with Gasteiger partial charge in [-0.2, -0.15) is 0 Å². The number of aromatic nitrogens is 1. The molecule has 0 unspecified atom stereocenters. The maximum Gasteiger partial charge on any atom is 0.250 e. The topological polar surface area (TPSA) is 68.0 Å². The number of carbonyl (C=O) groups excluding carboxylic acids is 1. The number of nitrogens with two attached hydrogens (primary N) is 1. The summed E-state index contributed by atoms with van der Waals surface area (Å²) in [6.45, 7) is 5.55. The number of nitrogens with zero attached hydrogens (tertiary/aromatic N) is 1. The van der Waals surface area contributed by atoms with E-state index in [1.54, 1.807) is 6.07 Å². The molecule has 1 aromatic heterocycles. The minimum Gasteiger partial charge on any atom is -0.370 e. The Morgan fingerprint density at radius 1 is 1.40 bits per heavy atom. The molecule has 0 radical (unpaired) electrons. The molecule has 110 valence electrons. The van der Waals surface area contributed by atoms with Crippen molar-refractivity contribution < 1.29 is 4.79 Å². The summed E-state index contributed by atoms with van der Waals surface area (Å²) in [5.41, 5.74) is 6.08. The Hall–Kier alpha value is -1.58. The van der Waals surface area contributed by atoms with E-state index < -0.39 is 5.91 Å². The molecule has 1 fully saturated rings. The smallest absolute Gasteiger partial charge is 0.250 e. The molecule has 1 saturated carbocycles. The highest BCUT2D eigenvalue weighted by Gasteiger charge is 2.34. The van der Waals surface area contributed by atoms with Gasteiger partial charge in [0.05, 0.1) is 5.56 Å². The van der Waals surface area contributed by atoms with Crippen LogP contribution in [-0.2, 0) is 0 Å². The van der Waals surface area contributed by atoms with Crippen LogP contribution in [0.25, 0.3) is 0 Å². The molecule has 1 amide bonds. The van der Waals surface area contributed by atoms with E-state index >= 15 is 0 Å². The molecule has 20 heavy (non-hydrogen) atoms. The van der Waals surface area contributed by atoms with E-state index in [9.17, 15) is 4.79 Å². The summed E-state index contributed by atoms with van der Waals surface area (Å²) in [4.78, 5) is 15.3. The zero-order chi connectivity index (χ0) is 14.6. The molecule has 1 heterocycles. The highest BCUT2D eigenvalue weighted by Crippen LogP contribution is 2.43. The van der Waals surface area contributed by atoms with E-state index in [-0.39, 0.29) is 0 Å². The van der Waals surface area contributed by atoms with Gasteiger partial charge in [0.1, 0.15) is 5.82 Å². The summed E-state index contributed by atoms with van der Waals surface area (Å²) in [5.74, 6) is 1.11. The molecule has 1 aromatic rings. The molecular formula is C16H25N3O. The number of hydrogen-bond acceptors (Lipinski definition) is 3. The predicted octanol–water partition coefficient (Wildman–Crippen LogP) is 3.20. The van der Waals surface area contributed by atoms with Crippen molar-refractivity contribution in [1.82, 2.24) is 4.98 Å². The molecule has 0 aliphatic heterocycles. The molecule has 0 aromatic carbocycles. The van der Waals surface area contributed by atoms with Crippen LogP contribution in [0.1, 0.15) is 56.3 Å². The molecule has 0 saturated heterocycles. The largest absolute Gasteiger partial charge is 0.370 e. The first-order chi connectivity index (χ1) is 9.51. The second-order valence-corrected chi connectivity index (χ2v) is 6.45. The summed E-state index contributed by atoms with van der Waals surface area (Å²) < 4.78 is 0. The number of amides is 1. The number of anilines is 1. The van der Waals surface area contributed by atoms with Crippen LogP contribution in [0.3, 0.4) is 0 Å². The lowest BCUT2D eigenvalue weighted by Crippen LogP contribution is -2.28. The van der Waals surface area contributed by atoms with Gasteiger partial charge in [-0.1, -0.05) is 26.7 Å². The van der Waals surface area contributed by atoms with Crippen molar-refractivity contribution >= 4 is 11.7 Å². The minimum absolute atomic E-state index is 0.415. The van der Waals surface area contributed by atoms with Gasteiger partial charge in [-0.25, -0.2) is 4.98 Å². The number of nitrogens with one attached hydrogen (secondary N) is 1. The first-order valence-electron chi connectivity index (χ1n) is 7.50. The van der Waals surface area contributed by atoms with E-state index in [2.05, 4.69) is 24.1 Å². The van der Waals surface area contributed by atoms with Gasteiger partial charge in [0.2, 0.25) is 5.91 Å². The lowest BCUT2D eigenvalue weighted by atomic mass is 9.78. The third-order valence-corrected chi connectivity index (χ3v) is 4.20. The highest BCUT2D eigenvalue weighted by atomic mass is 16.1. The Bertz CT molecular complexity index is 447. The second kappa shape index (κ2) is 6.25. The number of carbonyl (C=O) groups is 1. The van der Waals surface area contributed by atoms with Crippen LogP contribution in [0.15, 0.2) is 18.3 Å². The third kappa shape index (κ3) is 3.71. The van der Waals surface area contributed by atoms with Crippen molar-refractivity contribution in [3.05, 3.63) is 23.9 Å². The van der Waals surface area contributed by atoms with Crippen LogP contribution in [0.2, 0.25) is 0 Å². The van der Waals surface area contributed by atoms with Gasteiger partial charge in [0, 0.05) is 12.7 Å². The lowest BCUT2D eigenvalue weighted by Gasteiger charge is -2.31. The number of rotatable bonds is 6. The average Bonchev–Trinajstić information content (AvgIpc) is 2.85. The monoisotopic (exact) mass is 275 g/mol. The normalized spacial score (nSPS) is 17.4. The molecule has 0 spiro atoms. The Morgan fingerprint density at radius 2 is 2.10 bits per heavy atom. The number of pyridine rings is 1. The molecule has 0 bridgehead atoms. The van der Waals surface area contributed by atoms with Crippen LogP contribution in [-0.4, -0.2) is 17.4 Å². The van der Waals surface area contributed by atoms with Crippen molar-refractivity contribution in [2.24, 2.45) is 17.1 Å². The average molecular weight is 275 g/mol. The Kier molecular flexibility index (Phi) is 4.63. The zero-order valence-electron chi connectivity index (χ0n) is 12.5. The van der Waals surface area contributed by atoms with E-state index in [1.165, 1.54) is 38.3 Å². The molecule has 1 aliphatic carbocycles. The van der Waals surface area contributed by atoms with Gasteiger partial charge in [0.15, 0.2) is 0 Å². The Morgan fingerprint density at radius 3 is 2.60 bits per heavy atom. The fraction of sp³-hybridized carbons (Fsp3) is 0.625. The summed E-state index contributed by atoms with van der Waals surface area (Å²) in [5, 5.41) is 3.44. The second-order valence-electron chi connectivity index (χ2n) is 6.45. The minimum atomic E-state index is -0.434. The van der Waals surface area contributed by atoms with E-state index in [1.807, 2.05) is 6.07 Å². The molecule has 4 nitrogen and oxygen atoms in total. The van der Waals surface area contributed by atoms with E-state index in [0.29, 0.717) is 11.0 Å². The standard InChI is InChI=1S/C16H25N3O/c1-12(2)9-16(7-3-4-8-16)11-19-14-6-5-13(10-18-14)15(17)20/h5-6,10,12H,3-4,7-9,11H2,1-2H3,(H2,17,20)(H,18,19).